The molecule has 0 aliphatic rings. The van der Waals surface area contributed by atoms with Gasteiger partial charge in [-0.3, -0.25) is 9.78 Å². The number of nitrogens with one attached hydrogen (secondary N) is 1. The van der Waals surface area contributed by atoms with Gasteiger partial charge in [0, 0.05) is 12.6 Å². The lowest BCUT2D eigenvalue weighted by Crippen LogP contribution is -2.32. The molecule has 0 aliphatic heterocycles. The Hall–Kier alpha value is -2.21. The molecule has 3 N–H and O–H groups in total. The van der Waals surface area contributed by atoms with Gasteiger partial charge in [0.25, 0.3) is 5.91 Å². The first-order chi connectivity index (χ1) is 12.0. The first kappa shape index (κ1) is 22.8. The van der Waals surface area contributed by atoms with Crippen LogP contribution >= 0.6 is 24.8 Å². The maximum absolute atomic E-state index is 12.3. The number of hydrogen-bond donors (Lipinski definition) is 2. The average molecular weight is 407 g/mol. The lowest BCUT2D eigenvalue weighted by atomic mass is 9.99. The molecule has 0 spiro atoms. The molecule has 0 radical (unpaired) electrons. The van der Waals surface area contributed by atoms with Crippen LogP contribution in [0.4, 0.5) is 0 Å². The van der Waals surface area contributed by atoms with Gasteiger partial charge in [0.2, 0.25) is 0 Å². The standard InChI is InChI=1S/C20H22N4O.2ClH/c1-13(2)14-7-9-15(10-8-14)16(21)11-23-20(25)19-12-22-17-5-3-4-6-18(17)24-19;;/h3-10,12-13,16H,11,21H2,1-2H3,(H,23,25);2*1H/t16-;;/m0../s1. The number of benzene rings is 2. The van der Waals surface area contributed by atoms with E-state index in [-0.39, 0.29) is 36.8 Å². The third-order valence-corrected chi connectivity index (χ3v) is 4.20. The van der Waals surface area contributed by atoms with Gasteiger partial charge in [-0.15, -0.1) is 24.8 Å². The van der Waals surface area contributed by atoms with Crippen molar-refractivity contribution in [1.82, 2.24) is 15.3 Å². The van der Waals surface area contributed by atoms with Gasteiger partial charge >= 0.3 is 0 Å². The molecule has 0 saturated heterocycles. The van der Waals surface area contributed by atoms with Crippen LogP contribution in [0.2, 0.25) is 0 Å². The fraction of sp³-hybridized carbons (Fsp3) is 0.250. The lowest BCUT2D eigenvalue weighted by Gasteiger charge is -2.14. The number of amides is 1. The summed E-state index contributed by atoms with van der Waals surface area (Å²) in [5.74, 6) is 0.212. The SMILES string of the molecule is CC(C)c1ccc([C@@H](N)CNC(=O)c2cnc3ccccc3n2)cc1.Cl.Cl. The molecule has 0 aliphatic carbocycles. The van der Waals surface area contributed by atoms with Crippen molar-refractivity contribution in [2.45, 2.75) is 25.8 Å². The second-order valence-electron chi connectivity index (χ2n) is 6.38. The molecule has 3 aromatic rings. The number of nitrogens with zero attached hydrogens (tertiary/aromatic N) is 2. The highest BCUT2D eigenvalue weighted by Gasteiger charge is 2.12. The van der Waals surface area contributed by atoms with Gasteiger partial charge in [-0.1, -0.05) is 50.2 Å². The fourth-order valence-corrected chi connectivity index (χ4v) is 2.61. The predicted octanol–water partition coefficient (Wildman–Crippen LogP) is 4.03. The Morgan fingerprint density at radius 2 is 1.59 bits per heavy atom. The molecular formula is C20H24Cl2N4O. The minimum Gasteiger partial charge on any atom is -0.349 e. The molecule has 7 heteroatoms. The second kappa shape index (κ2) is 10.2. The summed E-state index contributed by atoms with van der Waals surface area (Å²) >= 11 is 0. The molecule has 1 amide bonds. The van der Waals surface area contributed by atoms with Gasteiger partial charge < -0.3 is 11.1 Å². The smallest absolute Gasteiger partial charge is 0.271 e. The number of rotatable bonds is 5. The Morgan fingerprint density at radius 1 is 1.00 bits per heavy atom. The quantitative estimate of drug-likeness (QED) is 0.669. The van der Waals surface area contributed by atoms with E-state index in [2.05, 4.69) is 41.3 Å². The van der Waals surface area contributed by atoms with E-state index in [1.54, 1.807) is 0 Å². The Kier molecular flexibility index (Phi) is 8.63. The monoisotopic (exact) mass is 406 g/mol. The minimum absolute atomic E-state index is 0. The summed E-state index contributed by atoms with van der Waals surface area (Å²) in [5.41, 5.74) is 10.2. The first-order valence-electron chi connectivity index (χ1n) is 8.40. The molecular weight excluding hydrogens is 383 g/mol. The molecule has 2 aromatic carbocycles. The van der Waals surface area contributed by atoms with Crippen LogP contribution in [0.5, 0.6) is 0 Å². The molecule has 0 fully saturated rings. The number of carbonyl (C=O) groups is 1. The number of halogens is 2. The fourth-order valence-electron chi connectivity index (χ4n) is 2.61. The Morgan fingerprint density at radius 3 is 2.22 bits per heavy atom. The molecule has 0 saturated carbocycles. The van der Waals surface area contributed by atoms with Gasteiger partial charge in [0.1, 0.15) is 5.69 Å². The van der Waals surface area contributed by atoms with Crippen molar-refractivity contribution >= 4 is 41.8 Å². The van der Waals surface area contributed by atoms with E-state index < -0.39 is 0 Å². The molecule has 3 rings (SSSR count). The lowest BCUT2D eigenvalue weighted by molar-refractivity contribution is 0.0946. The van der Waals surface area contributed by atoms with Gasteiger partial charge in [0.15, 0.2) is 0 Å². The molecule has 0 bridgehead atoms. The minimum atomic E-state index is -0.271. The van der Waals surface area contributed by atoms with E-state index in [0.717, 1.165) is 11.1 Å². The van der Waals surface area contributed by atoms with Crippen molar-refractivity contribution in [3.8, 4) is 0 Å². The van der Waals surface area contributed by atoms with Crippen LogP contribution in [0.25, 0.3) is 11.0 Å². The largest absolute Gasteiger partial charge is 0.349 e. The summed E-state index contributed by atoms with van der Waals surface area (Å²) in [5, 5.41) is 2.83. The third kappa shape index (κ3) is 5.63. The van der Waals surface area contributed by atoms with E-state index in [0.29, 0.717) is 23.7 Å². The molecule has 27 heavy (non-hydrogen) atoms. The van der Waals surface area contributed by atoms with Crippen molar-refractivity contribution in [2.75, 3.05) is 6.54 Å². The number of fused-ring (bicyclic) bond motifs is 1. The first-order valence-corrected chi connectivity index (χ1v) is 8.40. The Labute approximate surface area is 171 Å². The molecule has 144 valence electrons. The zero-order chi connectivity index (χ0) is 17.8. The molecule has 0 unspecified atom stereocenters. The molecule has 1 heterocycles. The maximum Gasteiger partial charge on any atom is 0.271 e. The second-order valence-corrected chi connectivity index (χ2v) is 6.38. The van der Waals surface area contributed by atoms with E-state index in [1.165, 1.54) is 11.8 Å². The highest BCUT2D eigenvalue weighted by Crippen LogP contribution is 2.17. The zero-order valence-corrected chi connectivity index (χ0v) is 16.9. The summed E-state index contributed by atoms with van der Waals surface area (Å²) < 4.78 is 0. The van der Waals surface area contributed by atoms with Crippen LogP contribution in [0.15, 0.2) is 54.7 Å². The van der Waals surface area contributed by atoms with E-state index in [4.69, 9.17) is 5.73 Å². The number of carbonyl (C=O) groups excluding carboxylic acids is 1. The summed E-state index contributed by atoms with van der Waals surface area (Å²) in [6, 6.07) is 15.4. The van der Waals surface area contributed by atoms with Crippen molar-refractivity contribution in [1.29, 1.82) is 0 Å². The summed E-state index contributed by atoms with van der Waals surface area (Å²) in [6.45, 7) is 4.65. The maximum atomic E-state index is 12.3. The molecule has 1 aromatic heterocycles. The zero-order valence-electron chi connectivity index (χ0n) is 15.3. The number of aromatic nitrogens is 2. The molecule has 5 nitrogen and oxygen atoms in total. The van der Waals surface area contributed by atoms with Crippen LogP contribution in [0.1, 0.15) is 47.4 Å². The van der Waals surface area contributed by atoms with Crippen molar-refractivity contribution in [3.63, 3.8) is 0 Å². The highest BCUT2D eigenvalue weighted by molar-refractivity contribution is 5.93. The highest BCUT2D eigenvalue weighted by atomic mass is 35.5. The number of para-hydroxylation sites is 2. The Balaban J connectivity index is 0.00000182. The van der Waals surface area contributed by atoms with Crippen LogP contribution in [-0.2, 0) is 0 Å². The van der Waals surface area contributed by atoms with E-state index >= 15 is 0 Å². The van der Waals surface area contributed by atoms with Gasteiger partial charge in [-0.05, 0) is 29.2 Å². The summed E-state index contributed by atoms with van der Waals surface area (Å²) in [7, 11) is 0. The summed E-state index contributed by atoms with van der Waals surface area (Å²) in [4.78, 5) is 20.9. The van der Waals surface area contributed by atoms with Gasteiger partial charge in [-0.25, -0.2) is 4.98 Å². The average Bonchev–Trinajstić information content (AvgIpc) is 2.65. The van der Waals surface area contributed by atoms with Crippen LogP contribution < -0.4 is 11.1 Å². The number of hydrogen-bond acceptors (Lipinski definition) is 4. The predicted molar refractivity (Wildman–Crippen MR) is 114 cm³/mol. The third-order valence-electron chi connectivity index (χ3n) is 4.20. The summed E-state index contributed by atoms with van der Waals surface area (Å²) in [6.07, 6.45) is 1.49. The van der Waals surface area contributed by atoms with Crippen LogP contribution in [0.3, 0.4) is 0 Å². The van der Waals surface area contributed by atoms with Gasteiger partial charge in [0.05, 0.1) is 17.2 Å². The van der Waals surface area contributed by atoms with Crippen molar-refractivity contribution in [2.24, 2.45) is 5.73 Å². The van der Waals surface area contributed by atoms with Crippen LogP contribution in [-0.4, -0.2) is 22.4 Å². The van der Waals surface area contributed by atoms with E-state index in [9.17, 15) is 4.79 Å². The Bertz CT molecular complexity index is 885. The normalized spacial score (nSPS) is 11.4. The van der Waals surface area contributed by atoms with Crippen LogP contribution in [0, 0.1) is 0 Å². The van der Waals surface area contributed by atoms with E-state index in [1.807, 2.05) is 36.4 Å². The van der Waals surface area contributed by atoms with Crippen molar-refractivity contribution < 1.29 is 4.79 Å². The molecule has 1 atom stereocenters. The van der Waals surface area contributed by atoms with Crippen molar-refractivity contribution in [3.05, 3.63) is 71.5 Å². The number of nitrogens with two attached hydrogens (primary N) is 1. The van der Waals surface area contributed by atoms with Gasteiger partial charge in [-0.2, -0.15) is 0 Å². The topological polar surface area (TPSA) is 80.9 Å².